The van der Waals surface area contributed by atoms with E-state index in [-0.39, 0.29) is 5.91 Å². The second-order valence-electron chi connectivity index (χ2n) is 6.11. The molecule has 2 aromatic rings. The summed E-state index contributed by atoms with van der Waals surface area (Å²) in [6.45, 7) is 3.31. The summed E-state index contributed by atoms with van der Waals surface area (Å²) in [5, 5.41) is 7.22. The van der Waals surface area contributed by atoms with E-state index in [1.165, 1.54) is 12.8 Å². The van der Waals surface area contributed by atoms with Crippen molar-refractivity contribution in [2.75, 3.05) is 11.9 Å². The van der Waals surface area contributed by atoms with Crippen LogP contribution in [0, 0.1) is 5.92 Å². The van der Waals surface area contributed by atoms with Gasteiger partial charge in [-0.2, -0.15) is 5.10 Å². The first kappa shape index (κ1) is 13.6. The Bertz CT molecular complexity index is 699. The largest absolute Gasteiger partial charge is 0.458 e. The van der Waals surface area contributed by atoms with Crippen LogP contribution in [0.1, 0.15) is 47.5 Å². The van der Waals surface area contributed by atoms with E-state index in [2.05, 4.69) is 17.3 Å². The third kappa shape index (κ3) is 2.43. The van der Waals surface area contributed by atoms with Crippen molar-refractivity contribution in [1.29, 1.82) is 0 Å². The third-order valence-corrected chi connectivity index (χ3v) is 4.52. The molecule has 1 N–H and O–H groups in total. The van der Waals surface area contributed by atoms with Gasteiger partial charge in [-0.25, -0.2) is 0 Å². The van der Waals surface area contributed by atoms with Crippen molar-refractivity contribution in [2.45, 2.75) is 38.8 Å². The van der Waals surface area contributed by atoms with Crippen LogP contribution < -0.4 is 5.32 Å². The summed E-state index contributed by atoms with van der Waals surface area (Å²) in [6, 6.07) is 0.388. The van der Waals surface area contributed by atoms with Crippen molar-refractivity contribution in [3.8, 4) is 0 Å². The van der Waals surface area contributed by atoms with Gasteiger partial charge in [0.2, 0.25) is 0 Å². The standard InChI is InChI=1S/C16H19N3O3/c1-10(11-2-3-11)19-7-13(6-17-19)18-16(20)15-14-4-5-21-8-12(14)9-22-15/h6-7,9-11H,2-5,8H2,1H3,(H,18,20). The average Bonchev–Trinajstić information content (AvgIpc) is 3.12. The number of amides is 1. The lowest BCUT2D eigenvalue weighted by Crippen LogP contribution is -2.16. The van der Waals surface area contributed by atoms with Crippen LogP contribution >= 0.6 is 0 Å². The average molecular weight is 301 g/mol. The number of carbonyl (C=O) groups is 1. The number of rotatable bonds is 4. The Morgan fingerprint density at radius 2 is 2.36 bits per heavy atom. The zero-order valence-corrected chi connectivity index (χ0v) is 12.5. The van der Waals surface area contributed by atoms with Gasteiger partial charge in [0.05, 0.1) is 37.4 Å². The Hall–Kier alpha value is -2.08. The zero-order valence-electron chi connectivity index (χ0n) is 12.5. The summed E-state index contributed by atoms with van der Waals surface area (Å²) in [4.78, 5) is 12.4. The summed E-state index contributed by atoms with van der Waals surface area (Å²) < 4.78 is 12.7. The van der Waals surface area contributed by atoms with Gasteiger partial charge in [-0.15, -0.1) is 0 Å². The van der Waals surface area contributed by atoms with E-state index in [0.717, 1.165) is 17.0 Å². The summed E-state index contributed by atoms with van der Waals surface area (Å²) in [6.07, 6.45) is 8.44. The molecule has 0 aromatic carbocycles. The van der Waals surface area contributed by atoms with Crippen LogP contribution in [-0.4, -0.2) is 22.3 Å². The lowest BCUT2D eigenvalue weighted by molar-refractivity contribution is 0.0988. The van der Waals surface area contributed by atoms with Crippen molar-refractivity contribution in [2.24, 2.45) is 5.92 Å². The number of nitrogens with zero attached hydrogens (tertiary/aromatic N) is 2. The predicted octanol–water partition coefficient (Wildman–Crippen LogP) is 2.77. The monoisotopic (exact) mass is 301 g/mol. The number of ether oxygens (including phenoxy) is 1. The molecule has 1 aliphatic carbocycles. The highest BCUT2D eigenvalue weighted by Gasteiger charge is 2.30. The van der Waals surface area contributed by atoms with E-state index >= 15 is 0 Å². The number of furan rings is 1. The molecule has 6 heteroatoms. The summed E-state index contributed by atoms with van der Waals surface area (Å²) in [5.74, 6) is 0.892. The first-order valence-electron chi connectivity index (χ1n) is 7.75. The quantitative estimate of drug-likeness (QED) is 0.942. The van der Waals surface area contributed by atoms with Crippen molar-refractivity contribution >= 4 is 11.6 Å². The molecule has 1 atom stereocenters. The maximum Gasteiger partial charge on any atom is 0.291 e. The number of hydrogen-bond acceptors (Lipinski definition) is 4. The Kier molecular flexibility index (Phi) is 3.26. The van der Waals surface area contributed by atoms with Gasteiger partial charge >= 0.3 is 0 Å². The molecule has 0 spiro atoms. The Morgan fingerprint density at radius 3 is 3.18 bits per heavy atom. The minimum Gasteiger partial charge on any atom is -0.458 e. The highest BCUT2D eigenvalue weighted by Crippen LogP contribution is 2.39. The van der Waals surface area contributed by atoms with Crippen molar-refractivity contribution < 1.29 is 13.9 Å². The lowest BCUT2D eigenvalue weighted by atomic mass is 10.1. The van der Waals surface area contributed by atoms with Crippen LogP contribution in [0.25, 0.3) is 0 Å². The van der Waals surface area contributed by atoms with E-state index < -0.39 is 0 Å². The van der Waals surface area contributed by atoms with Crippen molar-refractivity contribution in [3.63, 3.8) is 0 Å². The van der Waals surface area contributed by atoms with Gasteiger partial charge in [0.25, 0.3) is 5.91 Å². The van der Waals surface area contributed by atoms with E-state index in [1.54, 1.807) is 12.5 Å². The Balaban J connectivity index is 1.49. The molecule has 2 aliphatic rings. The van der Waals surface area contributed by atoms with Crippen molar-refractivity contribution in [1.82, 2.24) is 9.78 Å². The topological polar surface area (TPSA) is 69.3 Å². The molecule has 0 radical (unpaired) electrons. The van der Waals surface area contributed by atoms with Gasteiger partial charge in [-0.05, 0) is 25.7 Å². The summed E-state index contributed by atoms with van der Waals surface area (Å²) >= 11 is 0. The molecule has 1 amide bonds. The van der Waals surface area contributed by atoms with Gasteiger partial charge in [0, 0.05) is 23.7 Å². The summed E-state index contributed by atoms with van der Waals surface area (Å²) in [5.41, 5.74) is 2.63. The molecule has 2 aromatic heterocycles. The predicted molar refractivity (Wildman–Crippen MR) is 79.7 cm³/mol. The molecule has 116 valence electrons. The number of anilines is 1. The number of aromatic nitrogens is 2. The number of hydrogen-bond donors (Lipinski definition) is 1. The lowest BCUT2D eigenvalue weighted by Gasteiger charge is -2.12. The molecule has 22 heavy (non-hydrogen) atoms. The first-order valence-corrected chi connectivity index (χ1v) is 7.75. The molecule has 3 heterocycles. The Labute approximate surface area is 128 Å². The fourth-order valence-electron chi connectivity index (χ4n) is 2.97. The van der Waals surface area contributed by atoms with E-state index in [9.17, 15) is 4.79 Å². The molecule has 1 unspecified atom stereocenters. The van der Waals surface area contributed by atoms with Gasteiger partial charge in [0.1, 0.15) is 0 Å². The highest BCUT2D eigenvalue weighted by atomic mass is 16.5. The summed E-state index contributed by atoms with van der Waals surface area (Å²) in [7, 11) is 0. The smallest absolute Gasteiger partial charge is 0.291 e. The number of nitrogens with one attached hydrogen (secondary N) is 1. The minimum atomic E-state index is -0.221. The maximum atomic E-state index is 12.4. The minimum absolute atomic E-state index is 0.221. The second-order valence-corrected chi connectivity index (χ2v) is 6.11. The van der Waals surface area contributed by atoms with Crippen LogP contribution in [0.5, 0.6) is 0 Å². The van der Waals surface area contributed by atoms with Crippen LogP contribution in [0.4, 0.5) is 5.69 Å². The third-order valence-electron chi connectivity index (χ3n) is 4.52. The molecule has 4 rings (SSSR count). The van der Waals surface area contributed by atoms with Crippen LogP contribution in [-0.2, 0) is 17.8 Å². The highest BCUT2D eigenvalue weighted by molar-refractivity contribution is 6.03. The SMILES string of the molecule is CC(C1CC1)n1cc(NC(=O)c2occ3c2CCOC3)cn1. The van der Waals surface area contributed by atoms with Crippen LogP contribution in [0.3, 0.4) is 0 Å². The number of carbonyl (C=O) groups excluding carboxylic acids is 1. The normalized spacial score (nSPS) is 18.8. The van der Waals surface area contributed by atoms with Gasteiger partial charge in [-0.1, -0.05) is 0 Å². The Morgan fingerprint density at radius 1 is 1.50 bits per heavy atom. The second kappa shape index (κ2) is 5.28. The van der Waals surface area contributed by atoms with Crippen molar-refractivity contribution in [3.05, 3.63) is 35.5 Å². The molecule has 0 saturated heterocycles. The molecular formula is C16H19N3O3. The molecule has 1 fully saturated rings. The van der Waals surface area contributed by atoms with E-state index in [1.807, 2.05) is 10.9 Å². The van der Waals surface area contributed by atoms with Crippen LogP contribution in [0.2, 0.25) is 0 Å². The maximum absolute atomic E-state index is 12.4. The number of fused-ring (bicyclic) bond motifs is 1. The fourth-order valence-corrected chi connectivity index (χ4v) is 2.97. The van der Waals surface area contributed by atoms with Crippen LogP contribution in [0.15, 0.2) is 23.1 Å². The fraction of sp³-hybridized carbons (Fsp3) is 0.500. The molecule has 1 aliphatic heterocycles. The molecule has 0 bridgehead atoms. The molecule has 1 saturated carbocycles. The van der Waals surface area contributed by atoms with Gasteiger partial charge in [0.15, 0.2) is 5.76 Å². The van der Waals surface area contributed by atoms with E-state index in [4.69, 9.17) is 9.15 Å². The van der Waals surface area contributed by atoms with Gasteiger partial charge < -0.3 is 14.5 Å². The van der Waals surface area contributed by atoms with Gasteiger partial charge in [-0.3, -0.25) is 9.48 Å². The molecule has 6 nitrogen and oxygen atoms in total. The van der Waals surface area contributed by atoms with E-state index in [0.29, 0.717) is 37.1 Å². The first-order chi connectivity index (χ1) is 10.7. The molecular weight excluding hydrogens is 282 g/mol. The zero-order chi connectivity index (χ0) is 15.1.